The Bertz CT molecular complexity index is 910. The van der Waals surface area contributed by atoms with Crippen LogP contribution in [0.2, 0.25) is 0 Å². The van der Waals surface area contributed by atoms with Crippen molar-refractivity contribution in [2.45, 2.75) is 6.92 Å². The van der Waals surface area contributed by atoms with Crippen molar-refractivity contribution in [3.8, 4) is 10.7 Å². The maximum absolute atomic E-state index is 11.9. The molecule has 0 saturated heterocycles. The zero-order chi connectivity index (χ0) is 17.1. The van der Waals surface area contributed by atoms with E-state index in [1.807, 2.05) is 12.3 Å². The smallest absolute Gasteiger partial charge is 0.291 e. The molecule has 0 unspecified atom stereocenters. The average molecular weight is 358 g/mol. The number of thiazole rings is 1. The first-order valence-corrected chi connectivity index (χ1v) is 8.29. The third-order valence-corrected chi connectivity index (χ3v) is 4.34. The monoisotopic (exact) mass is 358 g/mol. The van der Waals surface area contributed by atoms with Gasteiger partial charge < -0.3 is 0 Å². The average Bonchev–Trinajstić information content (AvgIpc) is 3.01. The predicted molar refractivity (Wildman–Crippen MR) is 98.1 cm³/mol. The summed E-state index contributed by atoms with van der Waals surface area (Å²) in [5.74, 6) is 0.373. The van der Waals surface area contributed by atoms with Crippen LogP contribution in [-0.2, 0) is 0 Å². The molecule has 3 aromatic rings. The molecule has 3 heterocycles. The molecule has 0 spiro atoms. The van der Waals surface area contributed by atoms with E-state index in [-0.39, 0.29) is 0 Å². The first-order chi connectivity index (χ1) is 11.6. The molecule has 0 radical (unpaired) electrons. The van der Waals surface area contributed by atoms with Gasteiger partial charge in [-0.1, -0.05) is 18.9 Å². The van der Waals surface area contributed by atoms with Crippen LogP contribution in [0.4, 0.5) is 10.6 Å². The number of nitrogens with zero attached hydrogens (tertiary/aromatic N) is 5. The lowest BCUT2D eigenvalue weighted by atomic mass is 10.3. The summed E-state index contributed by atoms with van der Waals surface area (Å²) in [4.78, 5) is 29.5. The van der Waals surface area contributed by atoms with Gasteiger partial charge in [0.15, 0.2) is 5.65 Å². The van der Waals surface area contributed by atoms with E-state index in [2.05, 4.69) is 44.6 Å². The second-order valence-corrected chi connectivity index (χ2v) is 6.23. The van der Waals surface area contributed by atoms with Crippen LogP contribution in [0.1, 0.15) is 5.69 Å². The normalized spacial score (nSPS) is 10.6. The van der Waals surface area contributed by atoms with E-state index in [0.717, 1.165) is 10.7 Å². The molecule has 3 aromatic heterocycles. The van der Waals surface area contributed by atoms with Crippen molar-refractivity contribution in [3.63, 3.8) is 0 Å². The van der Waals surface area contributed by atoms with Crippen molar-refractivity contribution in [1.29, 1.82) is 0 Å². The zero-order valence-electron chi connectivity index (χ0n) is 12.8. The van der Waals surface area contributed by atoms with Crippen LogP contribution in [0.15, 0.2) is 36.4 Å². The zero-order valence-corrected chi connectivity index (χ0v) is 14.5. The van der Waals surface area contributed by atoms with Gasteiger partial charge in [-0.15, -0.1) is 17.9 Å². The van der Waals surface area contributed by atoms with E-state index in [1.165, 1.54) is 15.6 Å². The second kappa shape index (κ2) is 6.93. The topological polar surface area (TPSA) is 83.9 Å². The fourth-order valence-electron chi connectivity index (χ4n) is 1.92. The molecule has 0 aliphatic carbocycles. The van der Waals surface area contributed by atoms with Gasteiger partial charge in [-0.2, -0.15) is 0 Å². The number of nitrogens with one attached hydrogen (secondary N) is 1. The van der Waals surface area contributed by atoms with Crippen molar-refractivity contribution in [3.05, 3.63) is 42.1 Å². The summed E-state index contributed by atoms with van der Waals surface area (Å²) in [6.45, 7) is 5.80. The lowest BCUT2D eigenvalue weighted by molar-refractivity contribution is 0.241. The minimum absolute atomic E-state index is 0.315. The Morgan fingerprint density at radius 3 is 2.96 bits per heavy atom. The molecule has 24 heavy (non-hydrogen) atoms. The number of aryl methyl sites for hydroxylation is 1. The molecule has 122 valence electrons. The lowest BCUT2D eigenvalue weighted by Crippen LogP contribution is -2.27. The molecule has 1 N–H and O–H groups in total. The molecule has 2 amide bonds. The number of aromatic nitrogens is 4. The molecule has 0 bridgehead atoms. The third kappa shape index (κ3) is 3.52. The van der Waals surface area contributed by atoms with Crippen LogP contribution in [-0.4, -0.2) is 36.8 Å². The summed E-state index contributed by atoms with van der Waals surface area (Å²) in [7, 11) is 0. The Morgan fingerprint density at radius 1 is 1.42 bits per heavy atom. The number of anilines is 1. The highest BCUT2D eigenvalue weighted by Gasteiger charge is 2.11. The molecule has 9 heteroatoms. The van der Waals surface area contributed by atoms with E-state index in [0.29, 0.717) is 29.2 Å². The minimum Gasteiger partial charge on any atom is -0.291 e. The van der Waals surface area contributed by atoms with Crippen LogP contribution in [0.3, 0.4) is 0 Å². The largest absolute Gasteiger partial charge is 0.333 e. The molecule has 0 aliphatic rings. The molecule has 0 saturated carbocycles. The van der Waals surface area contributed by atoms with Gasteiger partial charge in [-0.3, -0.25) is 14.6 Å². The van der Waals surface area contributed by atoms with Crippen molar-refractivity contribution in [1.82, 2.24) is 24.2 Å². The highest BCUT2D eigenvalue weighted by Crippen LogP contribution is 2.22. The van der Waals surface area contributed by atoms with Crippen molar-refractivity contribution in [2.24, 2.45) is 0 Å². The Kier molecular flexibility index (Phi) is 4.72. The van der Waals surface area contributed by atoms with Crippen LogP contribution >= 0.6 is 24.2 Å². The maximum atomic E-state index is 11.9. The van der Waals surface area contributed by atoms with Crippen LogP contribution in [0, 0.1) is 6.92 Å². The first-order valence-electron chi connectivity index (χ1n) is 7.01. The predicted octanol–water partition coefficient (Wildman–Crippen LogP) is 3.32. The Morgan fingerprint density at radius 2 is 2.25 bits per heavy atom. The van der Waals surface area contributed by atoms with Gasteiger partial charge in [-0.25, -0.2) is 19.7 Å². The van der Waals surface area contributed by atoms with Gasteiger partial charge in [0.2, 0.25) is 0 Å². The highest BCUT2D eigenvalue weighted by molar-refractivity contribution is 7.78. The van der Waals surface area contributed by atoms with Crippen molar-refractivity contribution in [2.75, 3.05) is 11.9 Å². The SMILES string of the molecule is C=CCN(S)C(=O)Nc1ccc2ncc(-c3nc(C)cs3)nc2n1. The summed E-state index contributed by atoms with van der Waals surface area (Å²) in [6, 6.07) is 3.01. The number of pyridine rings is 1. The van der Waals surface area contributed by atoms with Crippen molar-refractivity contribution < 1.29 is 4.79 Å². The number of fused-ring (bicyclic) bond motifs is 1. The molecular weight excluding hydrogens is 344 g/mol. The molecule has 0 fully saturated rings. The second-order valence-electron chi connectivity index (χ2n) is 4.89. The Balaban J connectivity index is 1.89. The van der Waals surface area contributed by atoms with E-state index in [1.54, 1.807) is 24.4 Å². The molecule has 0 atom stereocenters. The van der Waals surface area contributed by atoms with Gasteiger partial charge in [0.1, 0.15) is 22.0 Å². The lowest BCUT2D eigenvalue weighted by Gasteiger charge is -2.13. The summed E-state index contributed by atoms with van der Waals surface area (Å²) in [5.41, 5.74) is 2.66. The fourth-order valence-corrected chi connectivity index (χ4v) is 2.84. The molecular formula is C15H14N6OS2. The Hall–Kier alpha value is -2.52. The fraction of sp³-hybridized carbons (Fsp3) is 0.133. The third-order valence-electron chi connectivity index (χ3n) is 3.02. The minimum atomic E-state index is -0.398. The van der Waals surface area contributed by atoms with E-state index in [9.17, 15) is 4.79 Å². The number of hydrogen-bond acceptors (Lipinski definition) is 7. The van der Waals surface area contributed by atoms with Crippen molar-refractivity contribution >= 4 is 47.2 Å². The van der Waals surface area contributed by atoms with E-state index in [4.69, 9.17) is 0 Å². The summed E-state index contributed by atoms with van der Waals surface area (Å²) < 4.78 is 1.19. The van der Waals surface area contributed by atoms with Gasteiger partial charge >= 0.3 is 6.03 Å². The van der Waals surface area contributed by atoms with Crippen LogP contribution in [0.5, 0.6) is 0 Å². The van der Waals surface area contributed by atoms with Crippen LogP contribution in [0.25, 0.3) is 21.9 Å². The maximum Gasteiger partial charge on any atom is 0.333 e. The van der Waals surface area contributed by atoms with Crippen LogP contribution < -0.4 is 5.32 Å². The number of hydrogen-bond donors (Lipinski definition) is 2. The number of thiol groups is 1. The first kappa shape index (κ1) is 16.3. The quantitative estimate of drug-likeness (QED) is 0.552. The summed E-state index contributed by atoms with van der Waals surface area (Å²) >= 11 is 5.56. The van der Waals surface area contributed by atoms with Gasteiger partial charge in [-0.05, 0) is 19.1 Å². The van der Waals surface area contributed by atoms with E-state index < -0.39 is 6.03 Å². The van der Waals surface area contributed by atoms with E-state index >= 15 is 0 Å². The number of urea groups is 1. The standard InChI is InChI=1S/C15H14N6OS2/c1-3-6-21(23)15(22)20-12-5-4-10-13(19-12)18-11(7-16-10)14-17-9(2)8-24-14/h3-5,7-8,23H,1,6H2,2H3,(H,18,19,20,22). The molecule has 0 aromatic carbocycles. The Labute approximate surface area is 148 Å². The number of rotatable bonds is 4. The summed E-state index contributed by atoms with van der Waals surface area (Å²) in [6.07, 6.45) is 3.24. The van der Waals surface area contributed by atoms with Gasteiger partial charge in [0.25, 0.3) is 0 Å². The molecule has 7 nitrogen and oxygen atoms in total. The summed E-state index contributed by atoms with van der Waals surface area (Å²) in [5, 5.41) is 5.39. The number of amides is 2. The highest BCUT2D eigenvalue weighted by atomic mass is 32.1. The van der Waals surface area contributed by atoms with Gasteiger partial charge in [0, 0.05) is 11.1 Å². The van der Waals surface area contributed by atoms with Gasteiger partial charge in [0.05, 0.1) is 12.7 Å². The molecule has 3 rings (SSSR count). The number of carbonyl (C=O) groups excluding carboxylic acids is 1. The molecule has 0 aliphatic heterocycles. The number of carbonyl (C=O) groups is 1.